The Morgan fingerprint density at radius 1 is 0.867 bits per heavy atom. The van der Waals surface area contributed by atoms with Gasteiger partial charge < -0.3 is 14.5 Å². The van der Waals surface area contributed by atoms with Crippen LogP contribution in [0, 0.1) is 0 Å². The van der Waals surface area contributed by atoms with Crippen molar-refractivity contribution >= 4 is 17.7 Å². The number of piperazine rings is 1. The number of methoxy groups -OCH3 is 1. The highest BCUT2D eigenvalue weighted by molar-refractivity contribution is 6.05. The summed E-state index contributed by atoms with van der Waals surface area (Å²) in [7, 11) is 1.31. The van der Waals surface area contributed by atoms with E-state index in [-0.39, 0.29) is 11.5 Å². The number of amides is 1. The largest absolute Gasteiger partial charge is 0.465 e. The number of hydrogen-bond acceptors (Lipinski definition) is 6. The number of hydrogen-bond donors (Lipinski definition) is 0. The third kappa shape index (κ3) is 4.00. The number of anilines is 1. The number of benzene rings is 2. The fourth-order valence-corrected chi connectivity index (χ4v) is 3.55. The van der Waals surface area contributed by atoms with Crippen molar-refractivity contribution in [2.75, 3.05) is 38.2 Å². The monoisotopic (exact) mass is 402 g/mol. The first-order valence-electron chi connectivity index (χ1n) is 9.76. The van der Waals surface area contributed by atoms with Crippen molar-refractivity contribution in [3.8, 4) is 11.3 Å². The molecule has 0 spiro atoms. The highest BCUT2D eigenvalue weighted by Crippen LogP contribution is 2.22. The average Bonchev–Trinajstić information content (AvgIpc) is 2.84. The van der Waals surface area contributed by atoms with Crippen molar-refractivity contribution in [2.24, 2.45) is 0 Å². The fraction of sp³-hybridized carbons (Fsp3) is 0.217. The van der Waals surface area contributed by atoms with Crippen molar-refractivity contribution in [3.05, 3.63) is 78.1 Å². The number of carbonyl (C=O) groups is 2. The lowest BCUT2D eigenvalue weighted by molar-refractivity contribution is 0.0589. The molecule has 1 aliphatic rings. The summed E-state index contributed by atoms with van der Waals surface area (Å²) in [4.78, 5) is 37.7. The summed E-state index contributed by atoms with van der Waals surface area (Å²) in [5.41, 5.74) is 2.56. The van der Waals surface area contributed by atoms with E-state index in [0.717, 1.165) is 17.1 Å². The van der Waals surface area contributed by atoms with E-state index < -0.39 is 5.97 Å². The number of carbonyl (C=O) groups excluding carboxylic acids is 2. The van der Waals surface area contributed by atoms with Gasteiger partial charge in [-0.2, -0.15) is 0 Å². The first kappa shape index (κ1) is 19.6. The van der Waals surface area contributed by atoms with Gasteiger partial charge in [-0.3, -0.25) is 4.79 Å². The molecule has 0 saturated carbocycles. The predicted molar refractivity (Wildman–Crippen MR) is 113 cm³/mol. The molecule has 4 rings (SSSR count). The molecule has 0 aliphatic carbocycles. The smallest absolute Gasteiger partial charge is 0.338 e. The fourth-order valence-electron chi connectivity index (χ4n) is 3.55. The maximum absolute atomic E-state index is 13.0. The van der Waals surface area contributed by atoms with Gasteiger partial charge in [0.05, 0.1) is 23.9 Å². The molecule has 0 radical (unpaired) electrons. The Hall–Kier alpha value is -3.74. The molecule has 1 aromatic heterocycles. The number of rotatable bonds is 4. The van der Waals surface area contributed by atoms with Crippen LogP contribution in [-0.4, -0.2) is 60.0 Å². The Balaban J connectivity index is 1.46. The van der Waals surface area contributed by atoms with Crippen LogP contribution >= 0.6 is 0 Å². The number of esters is 1. The molecule has 3 aromatic rings. The minimum atomic E-state index is -0.507. The molecule has 2 aromatic carbocycles. The van der Waals surface area contributed by atoms with Crippen molar-refractivity contribution in [3.63, 3.8) is 0 Å². The van der Waals surface area contributed by atoms with Gasteiger partial charge in [-0.15, -0.1) is 0 Å². The van der Waals surface area contributed by atoms with Gasteiger partial charge in [-0.1, -0.05) is 42.5 Å². The van der Waals surface area contributed by atoms with Gasteiger partial charge in [-0.05, 0) is 12.1 Å². The van der Waals surface area contributed by atoms with Crippen LogP contribution in [0.15, 0.2) is 67.0 Å². The molecule has 1 saturated heterocycles. The molecule has 2 heterocycles. The summed E-state index contributed by atoms with van der Waals surface area (Å²) in [6.07, 6.45) is 1.57. The summed E-state index contributed by atoms with van der Waals surface area (Å²) in [6, 6.07) is 18.7. The van der Waals surface area contributed by atoms with Gasteiger partial charge in [-0.25, -0.2) is 14.8 Å². The Bertz CT molecular complexity index is 1050. The topological polar surface area (TPSA) is 75.6 Å². The highest BCUT2D eigenvalue weighted by Gasteiger charge is 2.26. The highest BCUT2D eigenvalue weighted by atomic mass is 16.5. The summed E-state index contributed by atoms with van der Waals surface area (Å²) in [5, 5.41) is 0. The molecule has 1 fully saturated rings. The van der Waals surface area contributed by atoms with Crippen LogP contribution in [0.5, 0.6) is 0 Å². The minimum absolute atomic E-state index is 0.164. The van der Waals surface area contributed by atoms with Gasteiger partial charge in [0.15, 0.2) is 0 Å². The van der Waals surface area contributed by atoms with Crippen LogP contribution in [-0.2, 0) is 4.74 Å². The lowest BCUT2D eigenvalue weighted by Gasteiger charge is -2.35. The van der Waals surface area contributed by atoms with E-state index in [0.29, 0.717) is 31.7 Å². The van der Waals surface area contributed by atoms with Gasteiger partial charge in [0.2, 0.25) is 0 Å². The average molecular weight is 402 g/mol. The molecule has 7 heteroatoms. The van der Waals surface area contributed by atoms with E-state index in [1.165, 1.54) is 7.11 Å². The standard InChI is InChI=1S/C23H22N4O3/c1-30-23(29)19-10-6-5-9-18(19)22(28)27-13-11-26(12-14-27)21-15-20(24-16-25-21)17-7-3-2-4-8-17/h2-10,15-16H,11-14H2,1H3. The SMILES string of the molecule is COC(=O)c1ccccc1C(=O)N1CCN(c2cc(-c3ccccc3)ncn2)CC1. The third-order valence-electron chi connectivity index (χ3n) is 5.18. The van der Waals surface area contributed by atoms with Gasteiger partial charge >= 0.3 is 5.97 Å². The summed E-state index contributed by atoms with van der Waals surface area (Å²) >= 11 is 0. The van der Waals surface area contributed by atoms with Gasteiger partial charge in [0.25, 0.3) is 5.91 Å². The zero-order valence-corrected chi connectivity index (χ0v) is 16.7. The Kier molecular flexibility index (Phi) is 5.70. The molecule has 0 bridgehead atoms. The van der Waals surface area contributed by atoms with Crippen LogP contribution in [0.2, 0.25) is 0 Å². The first-order valence-corrected chi connectivity index (χ1v) is 9.76. The van der Waals surface area contributed by atoms with Crippen LogP contribution in [0.3, 0.4) is 0 Å². The van der Waals surface area contributed by atoms with Crippen LogP contribution in [0.25, 0.3) is 11.3 Å². The minimum Gasteiger partial charge on any atom is -0.465 e. The molecule has 0 unspecified atom stereocenters. The molecular formula is C23H22N4O3. The second-order valence-electron chi connectivity index (χ2n) is 6.94. The molecule has 152 valence electrons. The Morgan fingerprint density at radius 2 is 1.53 bits per heavy atom. The van der Waals surface area contributed by atoms with E-state index >= 15 is 0 Å². The number of aromatic nitrogens is 2. The zero-order chi connectivity index (χ0) is 20.9. The molecule has 0 N–H and O–H groups in total. The second kappa shape index (κ2) is 8.73. The predicted octanol–water partition coefficient (Wildman–Crippen LogP) is 2.89. The quantitative estimate of drug-likeness (QED) is 0.625. The number of ether oxygens (including phenoxy) is 1. The van der Waals surface area contributed by atoms with Crippen molar-refractivity contribution < 1.29 is 14.3 Å². The van der Waals surface area contributed by atoms with E-state index in [9.17, 15) is 9.59 Å². The molecule has 1 aliphatic heterocycles. The third-order valence-corrected chi connectivity index (χ3v) is 5.18. The van der Waals surface area contributed by atoms with Crippen LogP contribution in [0.4, 0.5) is 5.82 Å². The van der Waals surface area contributed by atoms with E-state index in [2.05, 4.69) is 14.9 Å². The molecule has 1 amide bonds. The molecule has 7 nitrogen and oxygen atoms in total. The van der Waals surface area contributed by atoms with Gasteiger partial charge in [0.1, 0.15) is 12.1 Å². The Morgan fingerprint density at radius 3 is 2.23 bits per heavy atom. The lowest BCUT2D eigenvalue weighted by atomic mass is 10.1. The van der Waals surface area contributed by atoms with Crippen molar-refractivity contribution in [2.45, 2.75) is 0 Å². The van der Waals surface area contributed by atoms with Crippen molar-refractivity contribution in [1.82, 2.24) is 14.9 Å². The van der Waals surface area contributed by atoms with E-state index in [4.69, 9.17) is 4.74 Å². The summed E-state index contributed by atoms with van der Waals surface area (Å²) in [5.74, 6) is 0.168. The van der Waals surface area contributed by atoms with Crippen molar-refractivity contribution in [1.29, 1.82) is 0 Å². The van der Waals surface area contributed by atoms with E-state index in [1.54, 1.807) is 35.5 Å². The maximum Gasteiger partial charge on any atom is 0.338 e. The zero-order valence-electron chi connectivity index (χ0n) is 16.7. The normalized spacial score (nSPS) is 13.8. The molecular weight excluding hydrogens is 380 g/mol. The second-order valence-corrected chi connectivity index (χ2v) is 6.94. The molecule has 0 atom stereocenters. The summed E-state index contributed by atoms with van der Waals surface area (Å²) < 4.78 is 4.80. The van der Waals surface area contributed by atoms with Crippen LogP contribution < -0.4 is 4.90 Å². The first-order chi connectivity index (χ1) is 14.7. The van der Waals surface area contributed by atoms with Gasteiger partial charge in [0, 0.05) is 37.8 Å². The van der Waals surface area contributed by atoms with E-state index in [1.807, 2.05) is 36.4 Å². The Labute approximate surface area is 174 Å². The maximum atomic E-state index is 13.0. The molecule has 30 heavy (non-hydrogen) atoms. The number of nitrogens with zero attached hydrogens (tertiary/aromatic N) is 4. The van der Waals surface area contributed by atoms with Crippen LogP contribution in [0.1, 0.15) is 20.7 Å². The lowest BCUT2D eigenvalue weighted by Crippen LogP contribution is -2.49. The summed E-state index contributed by atoms with van der Waals surface area (Å²) in [6.45, 7) is 2.38.